The molecule has 5 heteroatoms. The van der Waals surface area contributed by atoms with Gasteiger partial charge in [0.1, 0.15) is 0 Å². The monoisotopic (exact) mass is 268 g/mol. The van der Waals surface area contributed by atoms with E-state index in [1.165, 1.54) is 0 Å². The molecule has 0 aliphatic heterocycles. The zero-order valence-corrected chi connectivity index (χ0v) is 11.7. The normalized spacial score (nSPS) is 16.6. The summed E-state index contributed by atoms with van der Waals surface area (Å²) in [5.74, 6) is -0.397. The molecule has 1 atom stereocenters. The van der Waals surface area contributed by atoms with Crippen molar-refractivity contribution in [1.29, 1.82) is 0 Å². The van der Waals surface area contributed by atoms with Crippen molar-refractivity contribution in [3.8, 4) is 0 Å². The summed E-state index contributed by atoms with van der Waals surface area (Å²) in [4.78, 5) is 22.5. The third-order valence-electron chi connectivity index (χ3n) is 3.16. The lowest BCUT2D eigenvalue weighted by molar-refractivity contribution is -0.138. The summed E-state index contributed by atoms with van der Waals surface area (Å²) >= 11 is 0. The number of rotatable bonds is 7. The molecule has 0 saturated carbocycles. The summed E-state index contributed by atoms with van der Waals surface area (Å²) in [6.45, 7) is 4.52. The highest BCUT2D eigenvalue weighted by atomic mass is 16.4. The number of carboxylic acids is 1. The molecule has 2 amide bonds. The van der Waals surface area contributed by atoms with E-state index in [1.807, 2.05) is 0 Å². The summed E-state index contributed by atoms with van der Waals surface area (Å²) in [5, 5.41) is 14.5. The van der Waals surface area contributed by atoms with E-state index in [0.717, 1.165) is 19.3 Å². The van der Waals surface area contributed by atoms with Crippen molar-refractivity contribution in [3.05, 3.63) is 12.2 Å². The van der Waals surface area contributed by atoms with Crippen LogP contribution >= 0.6 is 0 Å². The molecule has 0 aromatic heterocycles. The van der Waals surface area contributed by atoms with E-state index in [0.29, 0.717) is 12.5 Å². The molecule has 0 heterocycles. The molecule has 108 valence electrons. The van der Waals surface area contributed by atoms with Crippen molar-refractivity contribution in [2.24, 2.45) is 11.8 Å². The first kappa shape index (κ1) is 15.5. The summed E-state index contributed by atoms with van der Waals surface area (Å²) < 4.78 is 0. The van der Waals surface area contributed by atoms with Crippen LogP contribution in [-0.4, -0.2) is 29.7 Å². The molecular formula is C14H24N2O3. The molecule has 1 aliphatic carbocycles. The number of urea groups is 1. The van der Waals surface area contributed by atoms with Gasteiger partial charge in [-0.2, -0.15) is 0 Å². The van der Waals surface area contributed by atoms with Gasteiger partial charge in [-0.25, -0.2) is 4.79 Å². The van der Waals surface area contributed by atoms with E-state index in [1.54, 1.807) is 0 Å². The van der Waals surface area contributed by atoms with Crippen molar-refractivity contribution in [3.63, 3.8) is 0 Å². The third kappa shape index (κ3) is 6.84. The topological polar surface area (TPSA) is 78.4 Å². The van der Waals surface area contributed by atoms with Crippen LogP contribution in [0.1, 0.15) is 39.5 Å². The fourth-order valence-corrected chi connectivity index (χ4v) is 2.36. The van der Waals surface area contributed by atoms with Gasteiger partial charge in [0.25, 0.3) is 0 Å². The van der Waals surface area contributed by atoms with Gasteiger partial charge in [-0.3, -0.25) is 4.79 Å². The van der Waals surface area contributed by atoms with Gasteiger partial charge in [-0.15, -0.1) is 0 Å². The first-order valence-corrected chi connectivity index (χ1v) is 6.88. The lowest BCUT2D eigenvalue weighted by atomic mass is 9.94. The number of carbonyl (C=O) groups is 2. The quantitative estimate of drug-likeness (QED) is 0.619. The predicted octanol–water partition coefficient (Wildman–Crippen LogP) is 2.14. The Labute approximate surface area is 114 Å². The molecule has 0 aromatic rings. The standard InChI is InChI=1S/C14H24N2O3/c1-10(2)7-11(8-13(17)18)9-15-14(19)16-12-5-3-4-6-12/h3-4,10-12H,5-9H2,1-2H3,(H,17,18)(H2,15,16,19)/t11-/m0/s1. The first-order valence-electron chi connectivity index (χ1n) is 6.88. The average molecular weight is 268 g/mol. The lowest BCUT2D eigenvalue weighted by Crippen LogP contribution is -2.43. The Morgan fingerprint density at radius 3 is 2.47 bits per heavy atom. The minimum Gasteiger partial charge on any atom is -0.481 e. The van der Waals surface area contributed by atoms with Crippen LogP contribution in [0.3, 0.4) is 0 Å². The first-order chi connectivity index (χ1) is 8.97. The fourth-order valence-electron chi connectivity index (χ4n) is 2.36. The minimum absolute atomic E-state index is 0.00930. The highest BCUT2D eigenvalue weighted by Gasteiger charge is 2.17. The van der Waals surface area contributed by atoms with E-state index in [9.17, 15) is 9.59 Å². The van der Waals surface area contributed by atoms with Crippen molar-refractivity contribution in [1.82, 2.24) is 10.6 Å². The molecule has 1 rings (SSSR count). The SMILES string of the molecule is CC(C)C[C@H](CNC(=O)NC1CC=CC1)CC(=O)O. The van der Waals surface area contributed by atoms with Crippen molar-refractivity contribution < 1.29 is 14.7 Å². The van der Waals surface area contributed by atoms with E-state index in [4.69, 9.17) is 5.11 Å². The number of nitrogens with one attached hydrogen (secondary N) is 2. The van der Waals surface area contributed by atoms with E-state index >= 15 is 0 Å². The van der Waals surface area contributed by atoms with Crippen LogP contribution in [0.2, 0.25) is 0 Å². The van der Waals surface area contributed by atoms with E-state index < -0.39 is 5.97 Å². The molecule has 0 radical (unpaired) electrons. The molecule has 0 saturated heterocycles. The van der Waals surface area contributed by atoms with Gasteiger partial charge in [0.05, 0.1) is 0 Å². The number of carbonyl (C=O) groups excluding carboxylic acids is 1. The van der Waals surface area contributed by atoms with Crippen LogP contribution < -0.4 is 10.6 Å². The Balaban J connectivity index is 2.28. The van der Waals surface area contributed by atoms with Crippen LogP contribution in [0.4, 0.5) is 4.79 Å². The second-order valence-corrected chi connectivity index (χ2v) is 5.59. The molecule has 0 spiro atoms. The van der Waals surface area contributed by atoms with Crippen LogP contribution in [0.5, 0.6) is 0 Å². The molecule has 5 nitrogen and oxygen atoms in total. The Morgan fingerprint density at radius 1 is 1.32 bits per heavy atom. The second-order valence-electron chi connectivity index (χ2n) is 5.59. The Morgan fingerprint density at radius 2 is 1.95 bits per heavy atom. The van der Waals surface area contributed by atoms with Crippen molar-refractivity contribution in [2.75, 3.05) is 6.54 Å². The van der Waals surface area contributed by atoms with Crippen LogP contribution in [0.15, 0.2) is 12.2 Å². The Kier molecular flexibility index (Phi) is 6.39. The van der Waals surface area contributed by atoms with Crippen molar-refractivity contribution in [2.45, 2.75) is 45.6 Å². The van der Waals surface area contributed by atoms with Gasteiger partial charge in [-0.05, 0) is 31.1 Å². The highest BCUT2D eigenvalue weighted by Crippen LogP contribution is 2.15. The summed E-state index contributed by atoms with van der Waals surface area (Å²) in [7, 11) is 0. The molecule has 0 unspecified atom stereocenters. The fraction of sp³-hybridized carbons (Fsp3) is 0.714. The van der Waals surface area contributed by atoms with E-state index in [-0.39, 0.29) is 24.4 Å². The van der Waals surface area contributed by atoms with Gasteiger partial charge in [0.15, 0.2) is 0 Å². The molecule has 1 aliphatic rings. The molecular weight excluding hydrogens is 244 g/mol. The number of hydrogen-bond donors (Lipinski definition) is 3. The van der Waals surface area contributed by atoms with E-state index in [2.05, 4.69) is 36.6 Å². The zero-order valence-electron chi connectivity index (χ0n) is 11.7. The maximum absolute atomic E-state index is 11.7. The second kappa shape index (κ2) is 7.81. The van der Waals surface area contributed by atoms with Crippen LogP contribution in [-0.2, 0) is 4.79 Å². The minimum atomic E-state index is -0.812. The number of hydrogen-bond acceptors (Lipinski definition) is 2. The van der Waals surface area contributed by atoms with Gasteiger partial charge in [0.2, 0.25) is 0 Å². The molecule has 19 heavy (non-hydrogen) atoms. The summed E-state index contributed by atoms with van der Waals surface area (Å²) in [6.07, 6.45) is 6.75. The summed E-state index contributed by atoms with van der Waals surface area (Å²) in [6, 6.07) is -0.0177. The third-order valence-corrected chi connectivity index (χ3v) is 3.16. The van der Waals surface area contributed by atoms with Gasteiger partial charge >= 0.3 is 12.0 Å². The largest absolute Gasteiger partial charge is 0.481 e. The summed E-state index contributed by atoms with van der Waals surface area (Å²) in [5.41, 5.74) is 0. The van der Waals surface area contributed by atoms with Gasteiger partial charge in [0, 0.05) is 19.0 Å². The molecule has 0 bridgehead atoms. The number of amides is 2. The molecule has 0 aromatic carbocycles. The predicted molar refractivity (Wildman–Crippen MR) is 73.9 cm³/mol. The average Bonchev–Trinajstić information content (AvgIpc) is 2.77. The van der Waals surface area contributed by atoms with Gasteiger partial charge < -0.3 is 15.7 Å². The molecule has 0 fully saturated rings. The zero-order chi connectivity index (χ0) is 14.3. The number of aliphatic carboxylic acids is 1. The Hall–Kier alpha value is -1.52. The van der Waals surface area contributed by atoms with Gasteiger partial charge in [-0.1, -0.05) is 26.0 Å². The van der Waals surface area contributed by atoms with Crippen LogP contribution in [0.25, 0.3) is 0 Å². The molecule has 3 N–H and O–H groups in total. The smallest absolute Gasteiger partial charge is 0.315 e. The number of carboxylic acid groups (broad SMARTS) is 1. The highest BCUT2D eigenvalue weighted by molar-refractivity contribution is 5.74. The maximum atomic E-state index is 11.7. The van der Waals surface area contributed by atoms with Crippen molar-refractivity contribution >= 4 is 12.0 Å². The lowest BCUT2D eigenvalue weighted by Gasteiger charge is -2.19. The van der Waals surface area contributed by atoms with Crippen LogP contribution in [0, 0.1) is 11.8 Å². The Bertz CT molecular complexity index is 332. The maximum Gasteiger partial charge on any atom is 0.315 e.